The molecule has 17 heavy (non-hydrogen) atoms. The van der Waals surface area contributed by atoms with Crippen LogP contribution < -0.4 is 0 Å². The lowest BCUT2D eigenvalue weighted by Crippen LogP contribution is -2.17. The first-order valence-electron chi connectivity index (χ1n) is 5.47. The molecule has 0 radical (unpaired) electrons. The van der Waals surface area contributed by atoms with Crippen LogP contribution in [0.4, 0.5) is 0 Å². The fourth-order valence-electron chi connectivity index (χ4n) is 1.96. The Morgan fingerprint density at radius 1 is 1.24 bits per heavy atom. The summed E-state index contributed by atoms with van der Waals surface area (Å²) in [5.41, 5.74) is 2.91. The van der Waals surface area contributed by atoms with E-state index in [0.29, 0.717) is 0 Å². The molecular weight excluding hydrogens is 214 g/mol. The molecule has 1 aromatic carbocycles. The highest BCUT2D eigenvalue weighted by molar-refractivity contribution is 6.02. The van der Waals surface area contributed by atoms with Gasteiger partial charge in [-0.2, -0.15) is 0 Å². The molecule has 0 bridgehead atoms. The Bertz CT molecular complexity index is 671. The van der Waals surface area contributed by atoms with E-state index in [1.54, 1.807) is 6.20 Å². The van der Waals surface area contributed by atoms with Gasteiger partial charge >= 0.3 is 0 Å². The van der Waals surface area contributed by atoms with Gasteiger partial charge in [-0.25, -0.2) is 4.68 Å². The molecule has 0 aliphatic rings. The number of benzene rings is 1. The van der Waals surface area contributed by atoms with Crippen LogP contribution in [0.15, 0.2) is 30.5 Å². The first-order chi connectivity index (χ1) is 8.25. The van der Waals surface area contributed by atoms with E-state index in [0.717, 1.165) is 28.6 Å². The Kier molecular flexibility index (Phi) is 2.26. The summed E-state index contributed by atoms with van der Waals surface area (Å²) in [5, 5.41) is 9.48. The fourth-order valence-corrected chi connectivity index (χ4v) is 1.96. The number of rotatable bonds is 2. The standard InChI is InChI=1S/C12H13N5/c1-16(2)8-17-11-6-5-10-9(4-3-7-13-10)12(11)14-15-17/h3-7H,8H2,1-2H3. The minimum atomic E-state index is 0.724. The second-order valence-electron chi connectivity index (χ2n) is 4.31. The van der Waals surface area contributed by atoms with Crippen molar-refractivity contribution < 1.29 is 0 Å². The van der Waals surface area contributed by atoms with Crippen LogP contribution in [0, 0.1) is 0 Å². The van der Waals surface area contributed by atoms with E-state index in [1.807, 2.05) is 43.0 Å². The van der Waals surface area contributed by atoms with Crippen LogP contribution >= 0.6 is 0 Å². The average molecular weight is 227 g/mol. The molecule has 0 amide bonds. The molecule has 5 nitrogen and oxygen atoms in total. The molecule has 0 unspecified atom stereocenters. The van der Waals surface area contributed by atoms with Gasteiger partial charge in [0.05, 0.1) is 17.7 Å². The minimum absolute atomic E-state index is 0.724. The Hall–Kier alpha value is -2.01. The molecule has 0 saturated heterocycles. The van der Waals surface area contributed by atoms with Gasteiger partial charge in [-0.15, -0.1) is 5.10 Å². The Morgan fingerprint density at radius 2 is 2.12 bits per heavy atom. The van der Waals surface area contributed by atoms with Crippen LogP contribution in [-0.2, 0) is 6.67 Å². The largest absolute Gasteiger partial charge is 0.291 e. The number of fused-ring (bicyclic) bond motifs is 3. The lowest BCUT2D eigenvalue weighted by Gasteiger charge is -2.09. The highest BCUT2D eigenvalue weighted by atomic mass is 15.5. The van der Waals surface area contributed by atoms with Crippen molar-refractivity contribution in [2.45, 2.75) is 6.67 Å². The molecule has 0 aliphatic heterocycles. The third-order valence-electron chi connectivity index (χ3n) is 2.68. The number of nitrogens with zero attached hydrogens (tertiary/aromatic N) is 5. The van der Waals surface area contributed by atoms with E-state index >= 15 is 0 Å². The molecule has 0 aliphatic carbocycles. The molecule has 0 N–H and O–H groups in total. The van der Waals surface area contributed by atoms with Gasteiger partial charge in [0.15, 0.2) is 0 Å². The van der Waals surface area contributed by atoms with Crippen LogP contribution in [-0.4, -0.2) is 39.0 Å². The lowest BCUT2D eigenvalue weighted by atomic mass is 10.2. The lowest BCUT2D eigenvalue weighted by molar-refractivity contribution is 0.309. The quantitative estimate of drug-likeness (QED) is 0.665. The zero-order valence-corrected chi connectivity index (χ0v) is 9.83. The van der Waals surface area contributed by atoms with Crippen molar-refractivity contribution in [3.63, 3.8) is 0 Å². The summed E-state index contributed by atoms with van der Waals surface area (Å²) < 4.78 is 1.89. The molecule has 0 atom stereocenters. The van der Waals surface area contributed by atoms with Crippen LogP contribution in [0.3, 0.4) is 0 Å². The molecule has 86 valence electrons. The van der Waals surface area contributed by atoms with Crippen molar-refractivity contribution in [3.8, 4) is 0 Å². The van der Waals surface area contributed by atoms with E-state index in [2.05, 4.69) is 20.2 Å². The third kappa shape index (κ3) is 1.64. The molecule has 2 heterocycles. The predicted molar refractivity (Wildman–Crippen MR) is 66.5 cm³/mol. The molecule has 0 saturated carbocycles. The molecule has 2 aromatic heterocycles. The number of aromatic nitrogens is 4. The van der Waals surface area contributed by atoms with Gasteiger partial charge in [0.25, 0.3) is 0 Å². The maximum absolute atomic E-state index is 4.31. The molecule has 0 spiro atoms. The number of hydrogen-bond acceptors (Lipinski definition) is 4. The summed E-state index contributed by atoms with van der Waals surface area (Å²) in [6, 6.07) is 7.98. The predicted octanol–water partition coefficient (Wildman–Crippen LogP) is 1.50. The maximum atomic E-state index is 4.31. The first-order valence-corrected chi connectivity index (χ1v) is 5.47. The Balaban J connectivity index is 2.27. The van der Waals surface area contributed by atoms with Gasteiger partial charge in [0.1, 0.15) is 5.52 Å². The summed E-state index contributed by atoms with van der Waals surface area (Å²) in [6.45, 7) is 0.724. The Labute approximate surface area is 98.7 Å². The van der Waals surface area contributed by atoms with E-state index in [1.165, 1.54) is 0 Å². The molecular formula is C12H13N5. The van der Waals surface area contributed by atoms with Crippen molar-refractivity contribution in [3.05, 3.63) is 30.5 Å². The van der Waals surface area contributed by atoms with Crippen molar-refractivity contribution >= 4 is 21.9 Å². The molecule has 3 rings (SSSR count). The summed E-state index contributed by atoms with van der Waals surface area (Å²) in [4.78, 5) is 6.37. The van der Waals surface area contributed by atoms with Gasteiger partial charge < -0.3 is 0 Å². The van der Waals surface area contributed by atoms with Crippen LogP contribution in [0.25, 0.3) is 21.9 Å². The van der Waals surface area contributed by atoms with Gasteiger partial charge in [-0.05, 0) is 38.4 Å². The average Bonchev–Trinajstić information content (AvgIpc) is 2.72. The monoisotopic (exact) mass is 227 g/mol. The third-order valence-corrected chi connectivity index (χ3v) is 2.68. The second-order valence-corrected chi connectivity index (χ2v) is 4.31. The van der Waals surface area contributed by atoms with Crippen molar-refractivity contribution in [2.24, 2.45) is 0 Å². The van der Waals surface area contributed by atoms with E-state index in [9.17, 15) is 0 Å². The zero-order valence-electron chi connectivity index (χ0n) is 9.83. The van der Waals surface area contributed by atoms with Gasteiger partial charge in [0, 0.05) is 11.6 Å². The summed E-state index contributed by atoms with van der Waals surface area (Å²) in [7, 11) is 4.02. The second kappa shape index (κ2) is 3.78. The normalized spacial score (nSPS) is 11.7. The Morgan fingerprint density at radius 3 is 2.94 bits per heavy atom. The van der Waals surface area contributed by atoms with Gasteiger partial charge in [0.2, 0.25) is 0 Å². The van der Waals surface area contributed by atoms with Gasteiger partial charge in [-0.1, -0.05) is 5.21 Å². The first kappa shape index (κ1) is 10.2. The topological polar surface area (TPSA) is 46.8 Å². The van der Waals surface area contributed by atoms with Crippen LogP contribution in [0.1, 0.15) is 0 Å². The van der Waals surface area contributed by atoms with E-state index in [-0.39, 0.29) is 0 Å². The van der Waals surface area contributed by atoms with Gasteiger partial charge in [-0.3, -0.25) is 9.88 Å². The molecule has 5 heteroatoms. The highest BCUT2D eigenvalue weighted by Crippen LogP contribution is 2.21. The van der Waals surface area contributed by atoms with E-state index in [4.69, 9.17) is 0 Å². The maximum Gasteiger partial charge on any atom is 0.122 e. The van der Waals surface area contributed by atoms with E-state index < -0.39 is 0 Å². The highest BCUT2D eigenvalue weighted by Gasteiger charge is 2.08. The number of hydrogen-bond donors (Lipinski definition) is 0. The van der Waals surface area contributed by atoms with Crippen molar-refractivity contribution in [1.29, 1.82) is 0 Å². The molecule has 0 fully saturated rings. The SMILES string of the molecule is CN(C)Cn1nnc2c3cccnc3ccc21. The fraction of sp³-hybridized carbons (Fsp3) is 0.250. The summed E-state index contributed by atoms with van der Waals surface area (Å²) in [5.74, 6) is 0. The minimum Gasteiger partial charge on any atom is -0.291 e. The smallest absolute Gasteiger partial charge is 0.122 e. The van der Waals surface area contributed by atoms with Crippen molar-refractivity contribution in [2.75, 3.05) is 14.1 Å². The number of pyridine rings is 1. The van der Waals surface area contributed by atoms with Crippen LogP contribution in [0.2, 0.25) is 0 Å². The van der Waals surface area contributed by atoms with Crippen molar-refractivity contribution in [1.82, 2.24) is 24.9 Å². The van der Waals surface area contributed by atoms with Crippen LogP contribution in [0.5, 0.6) is 0 Å². The summed E-state index contributed by atoms with van der Waals surface area (Å²) in [6.07, 6.45) is 1.79. The zero-order chi connectivity index (χ0) is 11.8. The molecule has 3 aromatic rings. The summed E-state index contributed by atoms with van der Waals surface area (Å²) >= 11 is 0.